The van der Waals surface area contributed by atoms with Gasteiger partial charge in [0.15, 0.2) is 0 Å². The number of amides is 1. The van der Waals surface area contributed by atoms with Crippen LogP contribution in [0.3, 0.4) is 0 Å². The first-order valence-corrected chi connectivity index (χ1v) is 16.8. The number of esters is 1. The van der Waals surface area contributed by atoms with Crippen molar-refractivity contribution in [3.8, 4) is 0 Å². The zero-order valence-electron chi connectivity index (χ0n) is 27.1. The van der Waals surface area contributed by atoms with Gasteiger partial charge in [-0.15, -0.1) is 0 Å². The van der Waals surface area contributed by atoms with E-state index in [4.69, 9.17) is 4.74 Å². The maximum Gasteiger partial charge on any atom is 0.322 e. The number of carboxylic acids is 1. The van der Waals surface area contributed by atoms with E-state index in [0.717, 1.165) is 44.9 Å². The summed E-state index contributed by atoms with van der Waals surface area (Å²) in [4.78, 5) is 37.5. The molecule has 5 rings (SSSR count). The molecule has 5 aliphatic rings. The second-order valence-corrected chi connectivity index (χ2v) is 16.6. The predicted molar refractivity (Wildman–Crippen MR) is 160 cm³/mol. The van der Waals surface area contributed by atoms with Gasteiger partial charge < -0.3 is 15.2 Å². The van der Waals surface area contributed by atoms with E-state index >= 15 is 0 Å². The van der Waals surface area contributed by atoms with Crippen molar-refractivity contribution < 1.29 is 24.2 Å². The van der Waals surface area contributed by atoms with Gasteiger partial charge in [-0.2, -0.15) is 0 Å². The number of aliphatic carboxylic acids is 1. The molecule has 10 atom stereocenters. The number of fused-ring (bicyclic) bond motifs is 7. The van der Waals surface area contributed by atoms with Gasteiger partial charge in [0, 0.05) is 11.8 Å². The minimum Gasteiger partial charge on any atom is -0.480 e. The zero-order chi connectivity index (χ0) is 30.2. The predicted octanol–water partition coefficient (Wildman–Crippen LogP) is 7.25. The van der Waals surface area contributed by atoms with Gasteiger partial charge in [0.2, 0.25) is 5.91 Å². The average Bonchev–Trinajstić information content (AvgIpc) is 3.30. The van der Waals surface area contributed by atoms with Crippen LogP contribution in [0.4, 0.5) is 0 Å². The number of rotatable bonds is 6. The first kappa shape index (κ1) is 30.9. The second-order valence-electron chi connectivity index (χ2n) is 16.6. The van der Waals surface area contributed by atoms with Crippen molar-refractivity contribution in [2.75, 3.05) is 6.54 Å². The molecule has 5 saturated carbocycles. The quantitative estimate of drug-likeness (QED) is 0.328. The van der Waals surface area contributed by atoms with Gasteiger partial charge in [-0.25, -0.2) is 0 Å². The molecule has 2 N–H and O–H groups in total. The van der Waals surface area contributed by atoms with Crippen molar-refractivity contribution in [3.05, 3.63) is 0 Å². The van der Waals surface area contributed by atoms with Gasteiger partial charge in [0.1, 0.15) is 12.6 Å². The molecule has 5 aliphatic carbocycles. The lowest BCUT2D eigenvalue weighted by Crippen LogP contribution is -2.67. The van der Waals surface area contributed by atoms with E-state index in [0.29, 0.717) is 41.9 Å². The van der Waals surface area contributed by atoms with E-state index in [1.54, 1.807) is 0 Å². The molecule has 0 spiro atoms. The fraction of sp³-hybridized carbons (Fsp3) is 0.914. The molecule has 0 aromatic rings. The number of carboxylic acid groups (broad SMARTS) is 1. The Morgan fingerprint density at radius 3 is 2.20 bits per heavy atom. The molecule has 0 bridgehead atoms. The first-order chi connectivity index (χ1) is 19.1. The second kappa shape index (κ2) is 10.3. The average molecular weight is 572 g/mol. The number of nitrogens with one attached hydrogen (secondary N) is 1. The van der Waals surface area contributed by atoms with E-state index in [-0.39, 0.29) is 46.2 Å². The summed E-state index contributed by atoms with van der Waals surface area (Å²) in [5.41, 5.74) is 0.0769. The molecule has 1 amide bonds. The van der Waals surface area contributed by atoms with Gasteiger partial charge in [0.05, 0.1) is 5.41 Å². The van der Waals surface area contributed by atoms with Crippen molar-refractivity contribution in [2.24, 2.45) is 62.6 Å². The van der Waals surface area contributed by atoms with E-state index in [9.17, 15) is 19.5 Å². The van der Waals surface area contributed by atoms with Crippen molar-refractivity contribution >= 4 is 17.8 Å². The van der Waals surface area contributed by atoms with Gasteiger partial charge >= 0.3 is 11.9 Å². The third kappa shape index (κ3) is 4.33. The van der Waals surface area contributed by atoms with Crippen LogP contribution in [0.1, 0.15) is 126 Å². The van der Waals surface area contributed by atoms with Crippen LogP contribution in [0.25, 0.3) is 0 Å². The number of carbonyl (C=O) groups excluding carboxylic acids is 2. The maximum atomic E-state index is 13.8. The van der Waals surface area contributed by atoms with Crippen molar-refractivity contribution in [1.82, 2.24) is 5.32 Å². The fourth-order valence-corrected chi connectivity index (χ4v) is 12.5. The van der Waals surface area contributed by atoms with Crippen LogP contribution in [0.2, 0.25) is 0 Å². The van der Waals surface area contributed by atoms with Gasteiger partial charge in [-0.1, -0.05) is 55.4 Å². The Kier molecular flexibility index (Phi) is 7.72. The summed E-state index contributed by atoms with van der Waals surface area (Å²) in [6.07, 6.45) is 11.1. The number of ether oxygens (including phenoxy) is 1. The number of hydrogen-bond acceptors (Lipinski definition) is 4. The highest BCUT2D eigenvalue weighted by Gasteiger charge is 2.72. The maximum absolute atomic E-state index is 13.8. The smallest absolute Gasteiger partial charge is 0.322 e. The Morgan fingerprint density at radius 1 is 0.854 bits per heavy atom. The lowest BCUT2D eigenvalue weighted by molar-refractivity contribution is -0.250. The molecule has 0 heterocycles. The lowest BCUT2D eigenvalue weighted by Gasteiger charge is -2.73. The highest BCUT2D eigenvalue weighted by molar-refractivity contribution is 5.86. The third-order valence-electron chi connectivity index (χ3n) is 14.7. The Bertz CT molecular complexity index is 1070. The molecule has 4 unspecified atom stereocenters. The molecule has 0 aromatic heterocycles. The highest BCUT2D eigenvalue weighted by Crippen LogP contribution is 2.77. The zero-order valence-corrected chi connectivity index (χ0v) is 27.1. The Balaban J connectivity index is 1.48. The Labute approximate surface area is 248 Å². The van der Waals surface area contributed by atoms with Gasteiger partial charge in [-0.3, -0.25) is 14.4 Å². The van der Waals surface area contributed by atoms with Crippen LogP contribution in [0, 0.1) is 62.6 Å². The normalized spacial score (nSPS) is 46.5. The fourth-order valence-electron chi connectivity index (χ4n) is 12.5. The summed E-state index contributed by atoms with van der Waals surface area (Å²) in [5.74, 6) is 1.92. The van der Waals surface area contributed by atoms with Crippen LogP contribution in [-0.2, 0) is 19.1 Å². The standard InChI is InChI=1S/C35H57NO5/c1-9-28(39)41-26-14-15-32(6)24(31(26,4)5)13-16-34(8)25(32)11-10-23-29-22(21(2)3)12-17-35(29,19-18-33(23,34)7)30(40)36-20-27(37)38/h21-26,29H,9-20H2,1-8H3,(H,36,40)(H,37,38)/t22-,23?,24?,25?,26+,29?,32-,33+,34+,35-/m0/s1. The summed E-state index contributed by atoms with van der Waals surface area (Å²) >= 11 is 0. The summed E-state index contributed by atoms with van der Waals surface area (Å²) in [6.45, 7) is 18.7. The van der Waals surface area contributed by atoms with Crippen molar-refractivity contribution in [2.45, 2.75) is 132 Å². The Morgan fingerprint density at radius 2 is 1.56 bits per heavy atom. The Hall–Kier alpha value is -1.59. The van der Waals surface area contributed by atoms with Gasteiger partial charge in [-0.05, 0) is 116 Å². The summed E-state index contributed by atoms with van der Waals surface area (Å²) < 4.78 is 6.05. The number of hydrogen-bond donors (Lipinski definition) is 2. The minimum absolute atomic E-state index is 0.000236. The summed E-state index contributed by atoms with van der Waals surface area (Å²) in [5, 5.41) is 12.2. The molecule has 0 aliphatic heterocycles. The van der Waals surface area contributed by atoms with Crippen LogP contribution >= 0.6 is 0 Å². The van der Waals surface area contributed by atoms with Crippen molar-refractivity contribution in [3.63, 3.8) is 0 Å². The van der Waals surface area contributed by atoms with Gasteiger partial charge in [0.25, 0.3) is 0 Å². The molecule has 0 aromatic carbocycles. The highest BCUT2D eigenvalue weighted by atomic mass is 16.5. The monoisotopic (exact) mass is 571 g/mol. The van der Waals surface area contributed by atoms with Crippen LogP contribution in [0.5, 0.6) is 0 Å². The molecule has 6 heteroatoms. The van der Waals surface area contributed by atoms with Crippen LogP contribution in [0.15, 0.2) is 0 Å². The molecule has 41 heavy (non-hydrogen) atoms. The van der Waals surface area contributed by atoms with E-state index < -0.39 is 11.4 Å². The third-order valence-corrected chi connectivity index (χ3v) is 14.7. The minimum atomic E-state index is -0.967. The lowest BCUT2D eigenvalue weighted by atomic mass is 9.32. The topological polar surface area (TPSA) is 92.7 Å². The van der Waals surface area contributed by atoms with Crippen LogP contribution < -0.4 is 5.32 Å². The van der Waals surface area contributed by atoms with Crippen molar-refractivity contribution in [1.29, 1.82) is 0 Å². The number of carbonyl (C=O) groups is 3. The molecule has 0 radical (unpaired) electrons. The summed E-state index contributed by atoms with van der Waals surface area (Å²) in [7, 11) is 0. The molecule has 0 saturated heterocycles. The molecule has 232 valence electrons. The molecule has 6 nitrogen and oxygen atoms in total. The largest absolute Gasteiger partial charge is 0.480 e. The SMILES string of the molecule is CCC(=O)O[C@@H]1CC[C@@]2(C)C(CC[C@]3(C)C2CCC2C4[C@H](C(C)C)CC[C@]4(C(=O)NCC(=O)O)CC[C@]23C)C1(C)C. The van der Waals surface area contributed by atoms with E-state index in [1.165, 1.54) is 19.3 Å². The van der Waals surface area contributed by atoms with Crippen LogP contribution in [-0.4, -0.2) is 35.6 Å². The first-order valence-electron chi connectivity index (χ1n) is 16.8. The molecule has 5 fully saturated rings. The summed E-state index contributed by atoms with van der Waals surface area (Å²) in [6, 6.07) is 0. The molecular formula is C35H57NO5. The molecular weight excluding hydrogens is 514 g/mol. The van der Waals surface area contributed by atoms with E-state index in [1.807, 2.05) is 6.92 Å². The van der Waals surface area contributed by atoms with E-state index in [2.05, 4.69) is 53.8 Å².